The topological polar surface area (TPSA) is 74.7 Å². The van der Waals surface area contributed by atoms with Gasteiger partial charge in [-0.2, -0.15) is 5.26 Å². The molecule has 0 bridgehead atoms. The van der Waals surface area contributed by atoms with E-state index in [9.17, 15) is 0 Å². The van der Waals surface area contributed by atoms with Crippen LogP contribution in [0.15, 0.2) is 18.3 Å². The summed E-state index contributed by atoms with van der Waals surface area (Å²) >= 11 is 0. The largest absolute Gasteiger partial charge is 0.368 e. The summed E-state index contributed by atoms with van der Waals surface area (Å²) in [5.41, 5.74) is 5.84. The van der Waals surface area contributed by atoms with Crippen molar-refractivity contribution in [1.29, 1.82) is 5.26 Å². The Bertz CT molecular complexity index is 294. The molecule has 1 aromatic heterocycles. The van der Waals surface area contributed by atoms with Gasteiger partial charge in [0, 0.05) is 19.3 Å². The van der Waals surface area contributed by atoms with Gasteiger partial charge in [0.15, 0.2) is 0 Å². The fraction of sp³-hybridized carbons (Fsp3) is 0.250. The van der Waals surface area contributed by atoms with Gasteiger partial charge in [-0.15, -0.1) is 12.4 Å². The molecule has 3 N–H and O–H groups in total. The number of hydrogen-bond donors (Lipinski definition) is 2. The third kappa shape index (κ3) is 3.28. The van der Waals surface area contributed by atoms with Gasteiger partial charge < -0.3 is 11.1 Å². The number of hydrogen-bond acceptors (Lipinski definition) is 4. The molecule has 0 unspecified atom stereocenters. The molecule has 0 fully saturated rings. The van der Waals surface area contributed by atoms with Gasteiger partial charge >= 0.3 is 0 Å². The van der Waals surface area contributed by atoms with Gasteiger partial charge in [0.2, 0.25) is 0 Å². The molecule has 13 heavy (non-hydrogen) atoms. The molecular formula is C8H11ClN4. The Morgan fingerprint density at radius 3 is 3.00 bits per heavy atom. The molecule has 0 saturated carbocycles. The molecule has 0 atom stereocenters. The highest BCUT2D eigenvalue weighted by Crippen LogP contribution is 2.08. The first-order valence-electron chi connectivity index (χ1n) is 3.67. The van der Waals surface area contributed by atoms with Crippen LogP contribution in [0.2, 0.25) is 0 Å². The molecule has 0 spiro atoms. The second-order valence-corrected chi connectivity index (χ2v) is 2.23. The van der Waals surface area contributed by atoms with Crippen LogP contribution in [-0.4, -0.2) is 18.1 Å². The molecule has 0 aliphatic heterocycles. The Morgan fingerprint density at radius 2 is 2.38 bits per heavy atom. The number of nitrogens with two attached hydrogens (primary N) is 1. The average Bonchev–Trinajstić information content (AvgIpc) is 2.15. The number of aromatic nitrogens is 1. The molecular weight excluding hydrogens is 188 g/mol. The van der Waals surface area contributed by atoms with E-state index in [-0.39, 0.29) is 12.4 Å². The lowest BCUT2D eigenvalue weighted by atomic mass is 10.3. The van der Waals surface area contributed by atoms with Crippen molar-refractivity contribution >= 4 is 18.2 Å². The van der Waals surface area contributed by atoms with Gasteiger partial charge in [0.1, 0.15) is 11.9 Å². The van der Waals surface area contributed by atoms with Gasteiger partial charge in [-0.1, -0.05) is 0 Å². The van der Waals surface area contributed by atoms with Crippen molar-refractivity contribution < 1.29 is 0 Å². The van der Waals surface area contributed by atoms with E-state index < -0.39 is 0 Å². The van der Waals surface area contributed by atoms with E-state index in [1.807, 2.05) is 6.07 Å². The number of anilines is 1. The lowest BCUT2D eigenvalue weighted by molar-refractivity contribution is 1.01. The third-order valence-electron chi connectivity index (χ3n) is 1.36. The highest BCUT2D eigenvalue weighted by Gasteiger charge is 1.98. The molecule has 0 aliphatic carbocycles. The maximum atomic E-state index is 8.66. The molecule has 5 heteroatoms. The van der Waals surface area contributed by atoms with Crippen LogP contribution in [0.3, 0.4) is 0 Å². The minimum atomic E-state index is 0. The van der Waals surface area contributed by atoms with Crippen molar-refractivity contribution in [2.45, 2.75) is 0 Å². The predicted molar refractivity (Wildman–Crippen MR) is 53.7 cm³/mol. The molecule has 0 saturated heterocycles. The van der Waals surface area contributed by atoms with Crippen LogP contribution in [0.1, 0.15) is 5.56 Å². The van der Waals surface area contributed by atoms with Crippen molar-refractivity contribution in [2.24, 2.45) is 5.73 Å². The van der Waals surface area contributed by atoms with Gasteiger partial charge in [-0.3, -0.25) is 0 Å². The number of rotatable bonds is 3. The number of nitrogens with zero attached hydrogens (tertiary/aromatic N) is 2. The van der Waals surface area contributed by atoms with Gasteiger partial charge in [0.25, 0.3) is 0 Å². The van der Waals surface area contributed by atoms with Crippen molar-refractivity contribution in [2.75, 3.05) is 18.4 Å². The van der Waals surface area contributed by atoms with Gasteiger partial charge in [-0.25, -0.2) is 4.98 Å². The normalized spacial score (nSPS) is 8.31. The number of halogens is 1. The van der Waals surface area contributed by atoms with E-state index in [1.54, 1.807) is 18.3 Å². The van der Waals surface area contributed by atoms with Crippen LogP contribution in [0.5, 0.6) is 0 Å². The first-order valence-corrected chi connectivity index (χ1v) is 3.67. The highest BCUT2D eigenvalue weighted by molar-refractivity contribution is 5.85. The molecule has 70 valence electrons. The molecule has 0 amide bonds. The Morgan fingerprint density at radius 1 is 1.62 bits per heavy atom. The van der Waals surface area contributed by atoms with Gasteiger partial charge in [0.05, 0.1) is 5.56 Å². The first kappa shape index (κ1) is 11.7. The SMILES string of the molecule is Cl.N#Cc1cccnc1NCCN. The van der Waals surface area contributed by atoms with Crippen LogP contribution in [0, 0.1) is 11.3 Å². The molecule has 1 heterocycles. The number of pyridine rings is 1. The van der Waals surface area contributed by atoms with E-state index >= 15 is 0 Å². The fourth-order valence-electron chi connectivity index (χ4n) is 0.827. The lowest BCUT2D eigenvalue weighted by Crippen LogP contribution is -2.14. The van der Waals surface area contributed by atoms with E-state index in [1.165, 1.54) is 0 Å². The van der Waals surface area contributed by atoms with E-state index in [0.717, 1.165) is 0 Å². The predicted octanol–water partition coefficient (Wildman–Crippen LogP) is 0.746. The Hall–Kier alpha value is -1.31. The smallest absolute Gasteiger partial charge is 0.143 e. The summed E-state index contributed by atoms with van der Waals surface area (Å²) in [6.07, 6.45) is 1.64. The first-order chi connectivity index (χ1) is 5.88. The zero-order valence-electron chi connectivity index (χ0n) is 7.03. The fourth-order valence-corrected chi connectivity index (χ4v) is 0.827. The Labute approximate surface area is 83.2 Å². The summed E-state index contributed by atoms with van der Waals surface area (Å²) in [6.45, 7) is 1.16. The van der Waals surface area contributed by atoms with Crippen molar-refractivity contribution in [3.05, 3.63) is 23.9 Å². The minimum Gasteiger partial charge on any atom is -0.368 e. The van der Waals surface area contributed by atoms with Crippen molar-refractivity contribution in [3.8, 4) is 6.07 Å². The number of nitriles is 1. The Balaban J connectivity index is 0.00000144. The second-order valence-electron chi connectivity index (χ2n) is 2.23. The molecule has 4 nitrogen and oxygen atoms in total. The van der Waals surface area contributed by atoms with Crippen LogP contribution in [0.4, 0.5) is 5.82 Å². The molecule has 1 aromatic rings. The maximum absolute atomic E-state index is 8.66. The zero-order valence-corrected chi connectivity index (χ0v) is 7.84. The zero-order chi connectivity index (χ0) is 8.81. The van der Waals surface area contributed by atoms with Crippen molar-refractivity contribution in [1.82, 2.24) is 4.98 Å². The molecule has 0 radical (unpaired) electrons. The molecule has 0 aromatic carbocycles. The van der Waals surface area contributed by atoms with Crippen LogP contribution < -0.4 is 11.1 Å². The second kappa shape index (κ2) is 6.23. The lowest BCUT2D eigenvalue weighted by Gasteiger charge is -2.03. The summed E-state index contributed by atoms with van der Waals surface area (Å²) < 4.78 is 0. The van der Waals surface area contributed by atoms with E-state index in [4.69, 9.17) is 11.0 Å². The van der Waals surface area contributed by atoms with E-state index in [2.05, 4.69) is 10.3 Å². The van der Waals surface area contributed by atoms with Crippen LogP contribution in [0.25, 0.3) is 0 Å². The standard InChI is InChI=1S/C8H10N4.ClH/c9-3-5-12-8-7(6-10)2-1-4-11-8;/h1-2,4H,3,5,9H2,(H,11,12);1H. The molecule has 1 rings (SSSR count). The Kier molecular flexibility index (Phi) is 5.60. The van der Waals surface area contributed by atoms with Gasteiger partial charge in [-0.05, 0) is 12.1 Å². The van der Waals surface area contributed by atoms with Crippen LogP contribution in [-0.2, 0) is 0 Å². The van der Waals surface area contributed by atoms with Crippen LogP contribution >= 0.6 is 12.4 Å². The number of nitrogens with one attached hydrogen (secondary N) is 1. The summed E-state index contributed by atoms with van der Waals surface area (Å²) in [5.74, 6) is 0.602. The molecule has 0 aliphatic rings. The summed E-state index contributed by atoms with van der Waals surface area (Å²) in [6, 6.07) is 5.48. The quantitative estimate of drug-likeness (QED) is 0.752. The van der Waals surface area contributed by atoms with Crippen molar-refractivity contribution in [3.63, 3.8) is 0 Å². The maximum Gasteiger partial charge on any atom is 0.143 e. The summed E-state index contributed by atoms with van der Waals surface area (Å²) in [4.78, 5) is 4.00. The summed E-state index contributed by atoms with van der Waals surface area (Å²) in [5, 5.41) is 11.6. The van der Waals surface area contributed by atoms with E-state index in [0.29, 0.717) is 24.5 Å². The minimum absolute atomic E-state index is 0. The highest BCUT2D eigenvalue weighted by atomic mass is 35.5. The average molecular weight is 199 g/mol. The third-order valence-corrected chi connectivity index (χ3v) is 1.36. The summed E-state index contributed by atoms with van der Waals surface area (Å²) in [7, 11) is 0. The monoisotopic (exact) mass is 198 g/mol.